The molecule has 0 unspecified atom stereocenters. The number of amides is 1. The third-order valence-electron chi connectivity index (χ3n) is 3.93. The van der Waals surface area contributed by atoms with Gasteiger partial charge in [-0.1, -0.05) is 11.3 Å². The molecule has 1 aliphatic rings. The minimum Gasteiger partial charge on any atom is -0.493 e. The second-order valence-corrected chi connectivity index (χ2v) is 6.09. The second-order valence-electron chi connectivity index (χ2n) is 6.09. The zero-order valence-electron chi connectivity index (χ0n) is 14.4. The highest BCUT2D eigenvalue weighted by Gasteiger charge is 2.27. The second kappa shape index (κ2) is 8.07. The molecular formula is C18H20F2N4O2. The summed E-state index contributed by atoms with van der Waals surface area (Å²) in [6.07, 6.45) is 6.59. The number of halogens is 2. The van der Waals surface area contributed by atoms with E-state index in [9.17, 15) is 13.6 Å². The predicted molar refractivity (Wildman–Crippen MR) is 91.7 cm³/mol. The van der Waals surface area contributed by atoms with E-state index in [-0.39, 0.29) is 24.3 Å². The summed E-state index contributed by atoms with van der Waals surface area (Å²) in [5, 5.41) is 10.9. The monoisotopic (exact) mass is 362 g/mol. The fourth-order valence-corrected chi connectivity index (χ4v) is 2.46. The number of ether oxygens (including phenoxy) is 1. The predicted octanol–water partition coefficient (Wildman–Crippen LogP) is 2.95. The Hall–Kier alpha value is -2.77. The molecule has 1 aliphatic carbocycles. The van der Waals surface area contributed by atoms with Gasteiger partial charge in [-0.15, -0.1) is 5.10 Å². The summed E-state index contributed by atoms with van der Waals surface area (Å²) in [5.74, 6) is -1.82. The van der Waals surface area contributed by atoms with Crippen molar-refractivity contribution in [3.63, 3.8) is 0 Å². The highest BCUT2D eigenvalue weighted by Crippen LogP contribution is 2.20. The van der Waals surface area contributed by atoms with Gasteiger partial charge in [-0.3, -0.25) is 4.79 Å². The van der Waals surface area contributed by atoms with Crippen molar-refractivity contribution in [3.05, 3.63) is 47.3 Å². The zero-order valence-corrected chi connectivity index (χ0v) is 14.4. The average molecular weight is 362 g/mol. The Morgan fingerprint density at radius 1 is 1.38 bits per heavy atom. The molecule has 1 saturated carbocycles. The lowest BCUT2D eigenvalue weighted by molar-refractivity contribution is 0.0945. The number of allylic oxidation sites excluding steroid dienone is 1. The van der Waals surface area contributed by atoms with Crippen LogP contribution in [0.4, 0.5) is 8.78 Å². The maximum atomic E-state index is 13.2. The molecule has 2 aromatic rings. The van der Waals surface area contributed by atoms with Crippen LogP contribution in [-0.2, 0) is 6.42 Å². The van der Waals surface area contributed by atoms with Gasteiger partial charge in [-0.05, 0) is 44.7 Å². The van der Waals surface area contributed by atoms with Gasteiger partial charge < -0.3 is 10.1 Å². The molecule has 1 fully saturated rings. The molecule has 8 heteroatoms. The maximum Gasteiger partial charge on any atom is 0.273 e. The Bertz CT molecular complexity index is 816. The molecule has 1 heterocycles. The van der Waals surface area contributed by atoms with Crippen LogP contribution in [0.25, 0.3) is 6.20 Å². The van der Waals surface area contributed by atoms with Crippen LogP contribution in [0.2, 0.25) is 0 Å². The van der Waals surface area contributed by atoms with Crippen molar-refractivity contribution in [2.75, 3.05) is 6.61 Å². The van der Waals surface area contributed by atoms with Crippen molar-refractivity contribution in [3.8, 4) is 5.75 Å². The van der Waals surface area contributed by atoms with E-state index in [0.717, 1.165) is 25.0 Å². The van der Waals surface area contributed by atoms with Crippen LogP contribution >= 0.6 is 0 Å². The van der Waals surface area contributed by atoms with Crippen molar-refractivity contribution in [2.45, 2.75) is 38.6 Å². The first-order valence-electron chi connectivity index (χ1n) is 8.54. The Morgan fingerprint density at radius 2 is 2.19 bits per heavy atom. The van der Waals surface area contributed by atoms with E-state index in [0.29, 0.717) is 24.2 Å². The Labute approximate surface area is 149 Å². The topological polar surface area (TPSA) is 69.0 Å². The van der Waals surface area contributed by atoms with Gasteiger partial charge in [-0.2, -0.15) is 0 Å². The van der Waals surface area contributed by atoms with Crippen LogP contribution in [0.1, 0.15) is 42.4 Å². The highest BCUT2D eigenvalue weighted by molar-refractivity contribution is 5.93. The largest absolute Gasteiger partial charge is 0.493 e. The van der Waals surface area contributed by atoms with Gasteiger partial charge in [0.15, 0.2) is 17.3 Å². The molecule has 1 N–H and O–H groups in total. The maximum absolute atomic E-state index is 13.2. The SMILES string of the molecule is C/C=C/n1nnc(C(=O)NC2CC2)c1CCCOc1ccc(F)c(F)c1. The van der Waals surface area contributed by atoms with E-state index in [1.807, 2.05) is 6.92 Å². The number of hydrogen-bond acceptors (Lipinski definition) is 4. The molecule has 0 atom stereocenters. The number of carbonyl (C=O) groups is 1. The van der Waals surface area contributed by atoms with E-state index in [2.05, 4.69) is 15.6 Å². The third-order valence-corrected chi connectivity index (χ3v) is 3.93. The minimum absolute atomic E-state index is 0.222. The van der Waals surface area contributed by atoms with Crippen LogP contribution in [0.5, 0.6) is 5.75 Å². The molecular weight excluding hydrogens is 342 g/mol. The standard InChI is InChI=1S/C18H20F2N4O2/c1-2-9-24-16(17(22-23-24)18(25)21-12-5-6-12)4-3-10-26-13-7-8-14(19)15(20)11-13/h2,7-9,11-12H,3-6,10H2,1H3,(H,21,25)/b9-2+. The van der Waals surface area contributed by atoms with Crippen LogP contribution in [0.3, 0.4) is 0 Å². The van der Waals surface area contributed by atoms with Crippen LogP contribution in [0.15, 0.2) is 24.3 Å². The van der Waals surface area contributed by atoms with Crippen molar-refractivity contribution < 1.29 is 18.3 Å². The molecule has 138 valence electrons. The van der Waals surface area contributed by atoms with Crippen molar-refractivity contribution >= 4 is 12.1 Å². The van der Waals surface area contributed by atoms with Crippen molar-refractivity contribution in [1.29, 1.82) is 0 Å². The highest BCUT2D eigenvalue weighted by atomic mass is 19.2. The Morgan fingerprint density at radius 3 is 2.88 bits per heavy atom. The molecule has 1 aromatic heterocycles. The zero-order chi connectivity index (χ0) is 18.5. The van der Waals surface area contributed by atoms with Crippen LogP contribution < -0.4 is 10.1 Å². The number of hydrogen-bond donors (Lipinski definition) is 1. The van der Waals surface area contributed by atoms with E-state index in [4.69, 9.17) is 4.74 Å². The van der Waals surface area contributed by atoms with Crippen LogP contribution in [-0.4, -0.2) is 33.5 Å². The molecule has 3 rings (SSSR count). The summed E-state index contributed by atoms with van der Waals surface area (Å²) in [5.41, 5.74) is 0.998. The van der Waals surface area contributed by atoms with Gasteiger partial charge >= 0.3 is 0 Å². The van der Waals surface area contributed by atoms with E-state index >= 15 is 0 Å². The lowest BCUT2D eigenvalue weighted by Crippen LogP contribution is -2.27. The number of nitrogens with one attached hydrogen (secondary N) is 1. The molecule has 0 saturated heterocycles. The number of rotatable bonds is 8. The van der Waals surface area contributed by atoms with E-state index in [1.54, 1.807) is 17.0 Å². The van der Waals surface area contributed by atoms with Crippen LogP contribution in [0, 0.1) is 11.6 Å². The van der Waals surface area contributed by atoms with E-state index < -0.39 is 11.6 Å². The first-order valence-corrected chi connectivity index (χ1v) is 8.54. The summed E-state index contributed by atoms with van der Waals surface area (Å²) < 4.78 is 33.1. The van der Waals surface area contributed by atoms with Gasteiger partial charge in [0.05, 0.1) is 12.3 Å². The minimum atomic E-state index is -0.947. The number of carbonyl (C=O) groups excluding carboxylic acids is 1. The molecule has 0 bridgehead atoms. The fraction of sp³-hybridized carbons (Fsp3) is 0.389. The van der Waals surface area contributed by atoms with Gasteiger partial charge in [0, 0.05) is 18.3 Å². The fourth-order valence-electron chi connectivity index (χ4n) is 2.46. The smallest absolute Gasteiger partial charge is 0.273 e. The normalized spacial score (nSPS) is 14.0. The lowest BCUT2D eigenvalue weighted by atomic mass is 10.2. The molecule has 0 aliphatic heterocycles. The number of aromatic nitrogens is 3. The Balaban J connectivity index is 1.61. The summed E-state index contributed by atoms with van der Waals surface area (Å²) in [4.78, 5) is 12.3. The quantitative estimate of drug-likeness (QED) is 0.733. The summed E-state index contributed by atoms with van der Waals surface area (Å²) in [6.45, 7) is 2.14. The van der Waals surface area contributed by atoms with Crippen molar-refractivity contribution in [2.24, 2.45) is 0 Å². The summed E-state index contributed by atoms with van der Waals surface area (Å²) in [6, 6.07) is 3.64. The lowest BCUT2D eigenvalue weighted by Gasteiger charge is -2.08. The Kier molecular flexibility index (Phi) is 5.60. The third kappa shape index (κ3) is 4.44. The van der Waals surface area contributed by atoms with Gasteiger partial charge in [-0.25, -0.2) is 13.5 Å². The van der Waals surface area contributed by atoms with Gasteiger partial charge in [0.1, 0.15) is 5.75 Å². The van der Waals surface area contributed by atoms with Gasteiger partial charge in [0.25, 0.3) is 5.91 Å². The molecule has 6 nitrogen and oxygen atoms in total. The number of benzene rings is 1. The average Bonchev–Trinajstić information content (AvgIpc) is 3.34. The molecule has 1 aromatic carbocycles. The van der Waals surface area contributed by atoms with Gasteiger partial charge in [0.2, 0.25) is 0 Å². The van der Waals surface area contributed by atoms with Crippen molar-refractivity contribution in [1.82, 2.24) is 20.3 Å². The number of nitrogens with zero attached hydrogens (tertiary/aromatic N) is 3. The molecule has 1 amide bonds. The molecule has 0 spiro atoms. The summed E-state index contributed by atoms with van der Waals surface area (Å²) in [7, 11) is 0. The first kappa shape index (κ1) is 18.0. The molecule has 26 heavy (non-hydrogen) atoms. The summed E-state index contributed by atoms with van der Waals surface area (Å²) >= 11 is 0. The van der Waals surface area contributed by atoms with E-state index in [1.165, 1.54) is 6.07 Å². The molecule has 0 radical (unpaired) electrons. The first-order chi connectivity index (χ1) is 12.6.